The van der Waals surface area contributed by atoms with Crippen LogP contribution in [-0.2, 0) is 14.3 Å². The molecular weight excluding hydrogens is 220 g/mol. The summed E-state index contributed by atoms with van der Waals surface area (Å²) in [5, 5.41) is 9.91. The Balaban J connectivity index is 2.40. The van der Waals surface area contributed by atoms with Gasteiger partial charge in [-0.25, -0.2) is 0 Å². The number of esters is 1. The molecule has 0 aromatic heterocycles. The SMILES string of the molecule is CCC(C)(C)C(=O)OCC1CCC(OC)C1O. The quantitative estimate of drug-likeness (QED) is 0.749. The number of aliphatic hydroxyl groups excluding tert-OH is 1. The zero-order chi connectivity index (χ0) is 13.1. The van der Waals surface area contributed by atoms with Gasteiger partial charge in [-0.2, -0.15) is 0 Å². The highest BCUT2D eigenvalue weighted by molar-refractivity contribution is 5.75. The average molecular weight is 244 g/mol. The lowest BCUT2D eigenvalue weighted by molar-refractivity contribution is -0.156. The maximum absolute atomic E-state index is 11.8. The summed E-state index contributed by atoms with van der Waals surface area (Å²) in [6, 6.07) is 0. The van der Waals surface area contributed by atoms with E-state index < -0.39 is 11.5 Å². The molecule has 1 rings (SSSR count). The Hall–Kier alpha value is -0.610. The van der Waals surface area contributed by atoms with E-state index in [2.05, 4.69) is 0 Å². The molecule has 0 heterocycles. The van der Waals surface area contributed by atoms with Gasteiger partial charge in [0.25, 0.3) is 0 Å². The number of hydrogen-bond donors (Lipinski definition) is 1. The highest BCUT2D eigenvalue weighted by Crippen LogP contribution is 2.29. The van der Waals surface area contributed by atoms with Crippen LogP contribution in [0.4, 0.5) is 0 Å². The van der Waals surface area contributed by atoms with Crippen molar-refractivity contribution in [3.8, 4) is 0 Å². The van der Waals surface area contributed by atoms with Crippen LogP contribution < -0.4 is 0 Å². The van der Waals surface area contributed by atoms with Crippen molar-refractivity contribution < 1.29 is 19.4 Å². The molecule has 1 aliphatic carbocycles. The molecule has 17 heavy (non-hydrogen) atoms. The molecule has 0 spiro atoms. The van der Waals surface area contributed by atoms with Gasteiger partial charge in [-0.15, -0.1) is 0 Å². The largest absolute Gasteiger partial charge is 0.465 e. The maximum Gasteiger partial charge on any atom is 0.311 e. The van der Waals surface area contributed by atoms with E-state index in [0.29, 0.717) is 6.61 Å². The first kappa shape index (κ1) is 14.5. The lowest BCUT2D eigenvalue weighted by Gasteiger charge is -2.23. The monoisotopic (exact) mass is 244 g/mol. The fourth-order valence-electron chi connectivity index (χ4n) is 1.99. The molecule has 3 unspecified atom stereocenters. The van der Waals surface area contributed by atoms with Crippen LogP contribution >= 0.6 is 0 Å². The third kappa shape index (κ3) is 3.42. The third-order valence-corrected chi connectivity index (χ3v) is 3.85. The van der Waals surface area contributed by atoms with Gasteiger partial charge in [0.05, 0.1) is 24.2 Å². The van der Waals surface area contributed by atoms with E-state index in [-0.39, 0.29) is 18.0 Å². The first-order valence-electron chi connectivity index (χ1n) is 6.30. The number of ether oxygens (including phenoxy) is 2. The molecular formula is C13H24O4. The number of hydrogen-bond acceptors (Lipinski definition) is 4. The number of methoxy groups -OCH3 is 1. The van der Waals surface area contributed by atoms with E-state index in [4.69, 9.17) is 9.47 Å². The van der Waals surface area contributed by atoms with Crippen molar-refractivity contribution in [2.75, 3.05) is 13.7 Å². The van der Waals surface area contributed by atoms with Crippen LogP contribution in [-0.4, -0.2) is 37.0 Å². The molecule has 100 valence electrons. The average Bonchev–Trinajstić information content (AvgIpc) is 2.66. The Kier molecular flexibility index (Phi) is 4.95. The summed E-state index contributed by atoms with van der Waals surface area (Å²) in [6.45, 7) is 6.01. The fraction of sp³-hybridized carbons (Fsp3) is 0.923. The molecule has 1 N–H and O–H groups in total. The Labute approximate surface area is 103 Å². The molecule has 1 aliphatic rings. The Morgan fingerprint density at radius 2 is 2.06 bits per heavy atom. The van der Waals surface area contributed by atoms with Gasteiger partial charge in [0.1, 0.15) is 0 Å². The lowest BCUT2D eigenvalue weighted by atomic mass is 9.90. The number of aliphatic hydroxyl groups is 1. The van der Waals surface area contributed by atoms with Crippen LogP contribution in [0.25, 0.3) is 0 Å². The van der Waals surface area contributed by atoms with Crippen LogP contribution in [0.5, 0.6) is 0 Å². The van der Waals surface area contributed by atoms with Gasteiger partial charge < -0.3 is 14.6 Å². The summed E-state index contributed by atoms with van der Waals surface area (Å²) in [5.74, 6) is -0.176. The van der Waals surface area contributed by atoms with Crippen LogP contribution in [0.2, 0.25) is 0 Å². The van der Waals surface area contributed by atoms with E-state index >= 15 is 0 Å². The predicted molar refractivity (Wildman–Crippen MR) is 64.6 cm³/mol. The van der Waals surface area contributed by atoms with Crippen molar-refractivity contribution in [2.24, 2.45) is 11.3 Å². The standard InChI is InChI=1S/C13H24O4/c1-5-13(2,3)12(15)17-8-9-6-7-10(16-4)11(9)14/h9-11,14H,5-8H2,1-4H3. The molecule has 4 nitrogen and oxygen atoms in total. The molecule has 0 amide bonds. The predicted octanol–water partition coefficient (Wildman–Crippen LogP) is 1.75. The Morgan fingerprint density at radius 3 is 2.53 bits per heavy atom. The van der Waals surface area contributed by atoms with Crippen molar-refractivity contribution in [2.45, 2.75) is 52.2 Å². The second-order valence-electron chi connectivity index (χ2n) is 5.44. The summed E-state index contributed by atoms with van der Waals surface area (Å²) >= 11 is 0. The lowest BCUT2D eigenvalue weighted by Crippen LogP contribution is -2.32. The molecule has 0 saturated heterocycles. The van der Waals surface area contributed by atoms with E-state index in [1.165, 1.54) is 0 Å². The molecule has 0 radical (unpaired) electrons. The third-order valence-electron chi connectivity index (χ3n) is 3.85. The number of carbonyl (C=O) groups excluding carboxylic acids is 1. The van der Waals surface area contributed by atoms with Gasteiger partial charge in [0, 0.05) is 13.0 Å². The zero-order valence-corrected chi connectivity index (χ0v) is 11.2. The van der Waals surface area contributed by atoms with Gasteiger partial charge in [0.15, 0.2) is 0 Å². The second kappa shape index (κ2) is 5.83. The van der Waals surface area contributed by atoms with E-state index in [1.807, 2.05) is 20.8 Å². The van der Waals surface area contributed by atoms with Crippen molar-refractivity contribution in [3.63, 3.8) is 0 Å². The van der Waals surface area contributed by atoms with Crippen molar-refractivity contribution in [1.82, 2.24) is 0 Å². The molecule has 0 aromatic rings. The second-order valence-corrected chi connectivity index (χ2v) is 5.44. The van der Waals surface area contributed by atoms with E-state index in [9.17, 15) is 9.90 Å². The molecule has 1 saturated carbocycles. The first-order chi connectivity index (χ1) is 7.92. The first-order valence-corrected chi connectivity index (χ1v) is 6.30. The number of carbonyl (C=O) groups is 1. The summed E-state index contributed by atoms with van der Waals surface area (Å²) in [7, 11) is 1.60. The Bertz CT molecular complexity index is 262. The van der Waals surface area contributed by atoms with Gasteiger partial charge in [-0.3, -0.25) is 4.79 Å². The number of rotatable bonds is 5. The van der Waals surface area contributed by atoms with Gasteiger partial charge >= 0.3 is 5.97 Å². The summed E-state index contributed by atoms with van der Waals surface area (Å²) < 4.78 is 10.4. The smallest absolute Gasteiger partial charge is 0.311 e. The van der Waals surface area contributed by atoms with Crippen molar-refractivity contribution in [1.29, 1.82) is 0 Å². The fourth-order valence-corrected chi connectivity index (χ4v) is 1.99. The highest BCUT2D eigenvalue weighted by Gasteiger charge is 2.36. The van der Waals surface area contributed by atoms with Crippen molar-refractivity contribution >= 4 is 5.97 Å². The molecule has 0 aliphatic heterocycles. The van der Waals surface area contributed by atoms with E-state index in [1.54, 1.807) is 7.11 Å². The van der Waals surface area contributed by atoms with E-state index in [0.717, 1.165) is 19.3 Å². The van der Waals surface area contributed by atoms with Crippen LogP contribution in [0.1, 0.15) is 40.0 Å². The summed E-state index contributed by atoms with van der Waals surface area (Å²) in [5.41, 5.74) is -0.440. The maximum atomic E-state index is 11.8. The summed E-state index contributed by atoms with van der Waals surface area (Å²) in [6.07, 6.45) is 1.80. The topological polar surface area (TPSA) is 55.8 Å². The van der Waals surface area contributed by atoms with Gasteiger partial charge in [-0.1, -0.05) is 6.92 Å². The minimum Gasteiger partial charge on any atom is -0.465 e. The van der Waals surface area contributed by atoms with Crippen molar-refractivity contribution in [3.05, 3.63) is 0 Å². The normalized spacial score (nSPS) is 29.4. The molecule has 0 aromatic carbocycles. The minimum atomic E-state index is -0.516. The van der Waals surface area contributed by atoms with Gasteiger partial charge in [0.2, 0.25) is 0 Å². The molecule has 1 fully saturated rings. The van der Waals surface area contributed by atoms with Gasteiger partial charge in [-0.05, 0) is 33.1 Å². The van der Waals surface area contributed by atoms with Crippen LogP contribution in [0.15, 0.2) is 0 Å². The Morgan fingerprint density at radius 1 is 1.41 bits per heavy atom. The molecule has 4 heteroatoms. The highest BCUT2D eigenvalue weighted by atomic mass is 16.5. The minimum absolute atomic E-state index is 0.0107. The van der Waals surface area contributed by atoms with Crippen LogP contribution in [0.3, 0.4) is 0 Å². The zero-order valence-electron chi connectivity index (χ0n) is 11.2. The molecule has 0 bridgehead atoms. The molecule has 3 atom stereocenters. The van der Waals surface area contributed by atoms with Crippen LogP contribution in [0, 0.1) is 11.3 Å². The summed E-state index contributed by atoms with van der Waals surface area (Å²) in [4.78, 5) is 11.8.